The monoisotopic (exact) mass is 411 g/mol. The van der Waals surface area contributed by atoms with E-state index in [1.807, 2.05) is 6.92 Å². The molecule has 1 aromatic rings. The number of esters is 1. The van der Waals surface area contributed by atoms with Crippen LogP contribution in [0.15, 0.2) is 35.5 Å². The number of ether oxygens (including phenoxy) is 1. The summed E-state index contributed by atoms with van der Waals surface area (Å²) in [7, 11) is -1.12. The number of non-ortho nitro benzene ring substituents is 1. The first-order valence-electron chi connectivity index (χ1n) is 8.60. The van der Waals surface area contributed by atoms with Crippen LogP contribution in [0.3, 0.4) is 0 Å². The number of rotatable bonds is 6. The summed E-state index contributed by atoms with van der Waals surface area (Å²) < 4.78 is 5.37. The van der Waals surface area contributed by atoms with Gasteiger partial charge in [0.15, 0.2) is 0 Å². The summed E-state index contributed by atoms with van der Waals surface area (Å²) in [6, 6.07) is 5.60. The quantitative estimate of drug-likeness (QED) is 0.251. The average molecular weight is 411 g/mol. The van der Waals surface area contributed by atoms with Crippen LogP contribution in [-0.2, 0) is 20.9 Å². The number of nitrogens with one attached hydrogen (secondary N) is 1. The average Bonchev–Trinajstić information content (AvgIpc) is 2.64. The summed E-state index contributed by atoms with van der Waals surface area (Å²) in [5.74, 6) is 0.0496. The molecule has 0 aromatic heterocycles. The van der Waals surface area contributed by atoms with E-state index in [-0.39, 0.29) is 29.6 Å². The zero-order chi connectivity index (χ0) is 19.7. The number of carbonyl (C=O) groups is 2. The predicted octanol–water partition coefficient (Wildman–Crippen LogP) is 1.91. The van der Waals surface area contributed by atoms with Crippen molar-refractivity contribution < 1.29 is 19.2 Å². The molecule has 0 bridgehead atoms. The minimum atomic E-state index is -1.12. The number of hydrogen-bond acceptors (Lipinski definition) is 7. The molecule has 10 heteroatoms. The fourth-order valence-corrected chi connectivity index (χ4v) is 5.56. The Morgan fingerprint density at radius 1 is 1.41 bits per heavy atom. The predicted molar refractivity (Wildman–Crippen MR) is 107 cm³/mol. The number of nitro groups is 1. The second-order valence-electron chi connectivity index (χ2n) is 6.84. The van der Waals surface area contributed by atoms with Crippen molar-refractivity contribution in [3.05, 3.63) is 51.2 Å². The molecule has 1 fully saturated rings. The topological polar surface area (TPSA) is 102 Å². The molecule has 2 atom stereocenters. The number of β-lactam (4-membered cyclic amide) rings is 1. The number of thioether (sulfide) groups is 1. The van der Waals surface area contributed by atoms with Crippen molar-refractivity contribution in [1.82, 2.24) is 9.99 Å². The Morgan fingerprint density at radius 3 is 2.67 bits per heavy atom. The standard InChI is InChI=1S/C17H22N3O5PS/c1-10-9-27-16-13(18-26(2)3)15(21)19(16)14(10)17(22)25-8-11-4-6-12(7-5-11)20(23)24/h4-7,13,16,18H,8-9,26H2,1-3H3/t13-,16+/m1/s1. The van der Waals surface area contributed by atoms with Gasteiger partial charge in [-0.25, -0.2) is 0 Å². The van der Waals surface area contributed by atoms with E-state index in [1.54, 1.807) is 23.9 Å². The normalized spacial score (nSPS) is 22.1. The van der Waals surface area contributed by atoms with Gasteiger partial charge in [0.25, 0.3) is 0 Å². The van der Waals surface area contributed by atoms with Crippen LogP contribution < -0.4 is 5.09 Å². The Labute approximate surface area is 162 Å². The molecule has 0 spiro atoms. The molecule has 0 aliphatic carbocycles. The van der Waals surface area contributed by atoms with Crippen LogP contribution in [0.1, 0.15) is 12.5 Å². The van der Waals surface area contributed by atoms with Gasteiger partial charge in [-0.15, -0.1) is 0 Å². The first kappa shape index (κ1) is 19.8. The van der Waals surface area contributed by atoms with Gasteiger partial charge >= 0.3 is 147 Å². The Hall–Kier alpha value is -1.96. The third kappa shape index (κ3) is 4.00. The molecule has 1 N–H and O–H groups in total. The van der Waals surface area contributed by atoms with Gasteiger partial charge in [-0.1, -0.05) is 0 Å². The molecule has 1 saturated heterocycles. The van der Waals surface area contributed by atoms with E-state index < -0.39 is 19.0 Å². The van der Waals surface area contributed by atoms with Crippen LogP contribution in [-0.4, -0.2) is 52.2 Å². The molecule has 1 amide bonds. The summed E-state index contributed by atoms with van der Waals surface area (Å²) in [5.41, 5.74) is 1.77. The van der Waals surface area contributed by atoms with Crippen LogP contribution in [0.4, 0.5) is 5.69 Å². The second kappa shape index (κ2) is 7.96. The molecule has 27 heavy (non-hydrogen) atoms. The van der Waals surface area contributed by atoms with E-state index >= 15 is 0 Å². The molecule has 2 heterocycles. The summed E-state index contributed by atoms with van der Waals surface area (Å²) >= 11 is 1.65. The molecular formula is C17H22N3O5PS. The van der Waals surface area contributed by atoms with Gasteiger partial charge in [0.1, 0.15) is 0 Å². The molecule has 146 valence electrons. The van der Waals surface area contributed by atoms with Crippen LogP contribution in [0.2, 0.25) is 0 Å². The third-order valence-corrected chi connectivity index (χ3v) is 6.83. The molecule has 2 aliphatic heterocycles. The van der Waals surface area contributed by atoms with Crippen LogP contribution >= 0.6 is 19.8 Å². The molecule has 8 nitrogen and oxygen atoms in total. The molecule has 3 rings (SSSR count). The number of hydrogen-bond donors (Lipinski definition) is 1. The van der Waals surface area contributed by atoms with Crippen molar-refractivity contribution in [3.8, 4) is 0 Å². The maximum absolute atomic E-state index is 12.6. The molecule has 1 aromatic carbocycles. The summed E-state index contributed by atoms with van der Waals surface area (Å²) in [6.45, 7) is 6.05. The first-order valence-corrected chi connectivity index (χ1v) is 12.5. The number of nitro benzene ring substituents is 1. The van der Waals surface area contributed by atoms with E-state index in [2.05, 4.69) is 18.4 Å². The van der Waals surface area contributed by atoms with Gasteiger partial charge in [0.2, 0.25) is 0 Å². The van der Waals surface area contributed by atoms with Crippen molar-refractivity contribution >= 4 is 37.4 Å². The van der Waals surface area contributed by atoms with Crippen molar-refractivity contribution in [2.24, 2.45) is 0 Å². The Morgan fingerprint density at radius 2 is 2.07 bits per heavy atom. The van der Waals surface area contributed by atoms with Gasteiger partial charge in [0.05, 0.1) is 4.92 Å². The van der Waals surface area contributed by atoms with E-state index in [0.717, 1.165) is 5.57 Å². The number of amides is 1. The Balaban J connectivity index is 1.67. The third-order valence-electron chi connectivity index (χ3n) is 4.38. The molecule has 0 unspecified atom stereocenters. The zero-order valence-electron chi connectivity index (χ0n) is 15.3. The van der Waals surface area contributed by atoms with E-state index in [4.69, 9.17) is 4.74 Å². The van der Waals surface area contributed by atoms with Gasteiger partial charge in [-0.2, -0.15) is 0 Å². The Bertz CT molecular complexity index is 811. The fraction of sp³-hybridized carbons (Fsp3) is 0.412. The number of nitrogens with zero attached hydrogens (tertiary/aromatic N) is 2. The number of carbonyl (C=O) groups excluding carboxylic acids is 2. The summed E-state index contributed by atoms with van der Waals surface area (Å²) in [4.78, 5) is 36.9. The van der Waals surface area contributed by atoms with Crippen LogP contribution in [0.5, 0.6) is 0 Å². The first-order chi connectivity index (χ1) is 12.8. The maximum atomic E-state index is 12.6. The summed E-state index contributed by atoms with van der Waals surface area (Å²) in [5, 5.41) is 14.0. The SMILES string of the molecule is CC1=C(C(=O)OCc2ccc([N+](=O)[O-])cc2)N2C(=O)[C@@H](N[PH2](C)C)[C@@H]2SC1. The van der Waals surface area contributed by atoms with Gasteiger partial charge in [-0.3, -0.25) is 10.1 Å². The van der Waals surface area contributed by atoms with Crippen molar-refractivity contribution in [2.75, 3.05) is 19.1 Å². The van der Waals surface area contributed by atoms with Crippen molar-refractivity contribution in [1.29, 1.82) is 0 Å². The minimum absolute atomic E-state index is 0.00592. The Kier molecular flexibility index (Phi) is 5.83. The van der Waals surface area contributed by atoms with Gasteiger partial charge in [0, 0.05) is 0 Å². The van der Waals surface area contributed by atoms with E-state index in [0.29, 0.717) is 17.0 Å². The van der Waals surface area contributed by atoms with Gasteiger partial charge < -0.3 is 0 Å². The van der Waals surface area contributed by atoms with E-state index in [9.17, 15) is 19.7 Å². The molecule has 0 radical (unpaired) electrons. The number of benzene rings is 1. The fourth-order valence-electron chi connectivity index (χ4n) is 3.07. The van der Waals surface area contributed by atoms with Crippen molar-refractivity contribution in [2.45, 2.75) is 24.9 Å². The number of fused-ring (bicyclic) bond motifs is 1. The second-order valence-corrected chi connectivity index (χ2v) is 10.6. The van der Waals surface area contributed by atoms with E-state index in [1.165, 1.54) is 17.0 Å². The molecule has 0 saturated carbocycles. The summed E-state index contributed by atoms with van der Waals surface area (Å²) in [6.07, 6.45) is 0. The van der Waals surface area contributed by atoms with Crippen LogP contribution in [0.25, 0.3) is 0 Å². The molecule has 2 aliphatic rings. The van der Waals surface area contributed by atoms with Gasteiger partial charge in [-0.05, 0) is 0 Å². The molecular weight excluding hydrogens is 389 g/mol. The van der Waals surface area contributed by atoms with Crippen molar-refractivity contribution in [3.63, 3.8) is 0 Å². The zero-order valence-corrected chi connectivity index (χ0v) is 17.3. The van der Waals surface area contributed by atoms with Crippen LogP contribution in [0, 0.1) is 10.1 Å².